The Bertz CT molecular complexity index is 1090. The zero-order valence-corrected chi connectivity index (χ0v) is 16.6. The molecular weight excluding hydrogens is 411 g/mol. The summed E-state index contributed by atoms with van der Waals surface area (Å²) in [6.45, 7) is 0.991. The minimum Gasteiger partial charge on any atom is -0.357 e. The van der Waals surface area contributed by atoms with E-state index in [1.165, 1.54) is 4.80 Å². The third kappa shape index (κ3) is 3.35. The third-order valence-corrected chi connectivity index (χ3v) is 5.67. The average Bonchev–Trinajstić information content (AvgIpc) is 3.15. The molecule has 0 saturated carbocycles. The first-order valence-corrected chi connectivity index (χ1v) is 9.43. The zero-order chi connectivity index (χ0) is 20.2. The maximum absolute atomic E-state index is 13.8. The zero-order valence-electron chi connectivity index (χ0n) is 15.1. The van der Waals surface area contributed by atoms with Crippen molar-refractivity contribution in [1.29, 1.82) is 0 Å². The summed E-state index contributed by atoms with van der Waals surface area (Å²) in [7, 11) is 1.68. The minimum absolute atomic E-state index is 0.0480. The largest absolute Gasteiger partial charge is 0.357 e. The van der Waals surface area contributed by atoms with Crippen molar-refractivity contribution in [3.8, 4) is 11.3 Å². The molecule has 0 radical (unpaired) electrons. The predicted octanol–water partition coefficient (Wildman–Crippen LogP) is 4.07. The van der Waals surface area contributed by atoms with Gasteiger partial charge >= 0.3 is 0 Å². The van der Waals surface area contributed by atoms with Crippen molar-refractivity contribution in [2.45, 2.75) is 31.6 Å². The molecule has 1 aliphatic heterocycles. The summed E-state index contributed by atoms with van der Waals surface area (Å²) in [5, 5.41) is 12.4. The molecule has 0 spiro atoms. The lowest BCUT2D eigenvalue weighted by atomic mass is 9.93. The predicted molar refractivity (Wildman–Crippen MR) is 103 cm³/mol. The van der Waals surface area contributed by atoms with Crippen LogP contribution in [0, 0.1) is 0 Å². The minimum atomic E-state index is -2.89. The van der Waals surface area contributed by atoms with Crippen molar-refractivity contribution in [2.24, 2.45) is 7.05 Å². The first-order chi connectivity index (χ1) is 13.1. The highest BCUT2D eigenvalue weighted by Gasteiger charge is 2.34. The Morgan fingerprint density at radius 1 is 1.39 bits per heavy atom. The van der Waals surface area contributed by atoms with Gasteiger partial charge < -0.3 is 10.3 Å². The van der Waals surface area contributed by atoms with Crippen molar-refractivity contribution in [1.82, 2.24) is 25.3 Å². The van der Waals surface area contributed by atoms with Gasteiger partial charge in [0.1, 0.15) is 5.69 Å². The van der Waals surface area contributed by atoms with Crippen LogP contribution in [0.2, 0.25) is 10.0 Å². The number of nitrogens with zero attached hydrogens (tertiary/aromatic N) is 3. The molecule has 0 fully saturated rings. The molecule has 3 heterocycles. The topological polar surface area (TPSA) is 75.6 Å². The summed E-state index contributed by atoms with van der Waals surface area (Å²) in [4.78, 5) is 16.9. The van der Waals surface area contributed by atoms with Gasteiger partial charge in [-0.15, -0.1) is 0 Å². The van der Waals surface area contributed by atoms with Crippen molar-refractivity contribution < 1.29 is 13.6 Å². The fourth-order valence-corrected chi connectivity index (χ4v) is 4.17. The van der Waals surface area contributed by atoms with Crippen LogP contribution in [-0.4, -0.2) is 38.4 Å². The second-order valence-electron chi connectivity index (χ2n) is 7.16. The second-order valence-corrected chi connectivity index (χ2v) is 7.94. The fraction of sp³-hybridized carbons (Fsp3) is 0.389. The summed E-state index contributed by atoms with van der Waals surface area (Å²) < 4.78 is 27.6. The molecule has 10 heteroatoms. The monoisotopic (exact) mass is 427 g/mol. The summed E-state index contributed by atoms with van der Waals surface area (Å²) >= 11 is 12.7. The average molecular weight is 428 g/mol. The molecule has 3 aromatic rings. The number of aromatic amines is 1. The molecule has 1 atom stereocenters. The van der Waals surface area contributed by atoms with E-state index in [9.17, 15) is 13.6 Å². The van der Waals surface area contributed by atoms with Crippen LogP contribution >= 0.6 is 23.2 Å². The number of carbonyl (C=O) groups excluding carboxylic acids is 1. The van der Waals surface area contributed by atoms with Crippen LogP contribution in [0.4, 0.5) is 8.78 Å². The lowest BCUT2D eigenvalue weighted by Crippen LogP contribution is -2.28. The maximum atomic E-state index is 13.8. The molecule has 2 N–H and O–H groups in total. The van der Waals surface area contributed by atoms with E-state index in [-0.39, 0.29) is 23.9 Å². The molecular formula is C18H17Cl2F2N5O. The van der Waals surface area contributed by atoms with Gasteiger partial charge in [0.2, 0.25) is 11.8 Å². The number of hydrogen-bond acceptors (Lipinski definition) is 3. The van der Waals surface area contributed by atoms with E-state index >= 15 is 0 Å². The van der Waals surface area contributed by atoms with Crippen molar-refractivity contribution in [3.05, 3.63) is 33.6 Å². The number of benzene rings is 1. The smallest absolute Gasteiger partial charge is 0.246 e. The van der Waals surface area contributed by atoms with E-state index in [2.05, 4.69) is 20.5 Å². The second kappa shape index (κ2) is 6.70. The molecule has 0 aliphatic carbocycles. The number of H-pyrrole nitrogens is 1. The van der Waals surface area contributed by atoms with E-state index in [1.54, 1.807) is 19.3 Å². The molecule has 2 aromatic heterocycles. The number of amides is 1. The summed E-state index contributed by atoms with van der Waals surface area (Å²) in [6, 6.07) is 1.66. The van der Waals surface area contributed by atoms with Crippen LogP contribution in [0.1, 0.15) is 30.5 Å². The van der Waals surface area contributed by atoms with Crippen molar-refractivity contribution in [3.63, 3.8) is 0 Å². The van der Waals surface area contributed by atoms with Gasteiger partial charge in [0.05, 0.1) is 28.2 Å². The van der Waals surface area contributed by atoms with Crippen molar-refractivity contribution >= 4 is 40.0 Å². The number of aryl methyl sites for hydroxylation is 1. The lowest BCUT2D eigenvalue weighted by molar-refractivity contribution is -0.120. The normalized spacial score (nSPS) is 17.5. The van der Waals surface area contributed by atoms with E-state index in [1.807, 2.05) is 0 Å². The van der Waals surface area contributed by atoms with Crippen LogP contribution in [0.3, 0.4) is 0 Å². The number of fused-ring (bicyclic) bond motifs is 3. The van der Waals surface area contributed by atoms with E-state index < -0.39 is 18.3 Å². The van der Waals surface area contributed by atoms with Gasteiger partial charge in [-0.25, -0.2) is 8.78 Å². The van der Waals surface area contributed by atoms with Crippen LogP contribution in [0.5, 0.6) is 0 Å². The van der Waals surface area contributed by atoms with E-state index in [0.29, 0.717) is 38.4 Å². The highest BCUT2D eigenvalue weighted by molar-refractivity contribution is 6.45. The van der Waals surface area contributed by atoms with Gasteiger partial charge in [0, 0.05) is 42.6 Å². The summed E-state index contributed by atoms with van der Waals surface area (Å²) in [5.41, 5.74) is 2.92. The Morgan fingerprint density at radius 2 is 2.14 bits per heavy atom. The molecule has 0 saturated heterocycles. The number of rotatable bonds is 3. The van der Waals surface area contributed by atoms with Gasteiger partial charge in [0.15, 0.2) is 0 Å². The number of alkyl halides is 2. The number of aromatic nitrogens is 4. The standard InChI is InChI=1S/C18H17Cl2F2N5O/c1-18(21,22)5-8-6-23-13(28)4-10-14-9(12-7-24-27(2)26-12)3-11(19)15(20)17(14)25-16(8)10/h3,7-8,25H,4-6H2,1-2H3,(H,23,28)/t8-/m1/s1. The Balaban J connectivity index is 2.01. The van der Waals surface area contributed by atoms with Crippen LogP contribution in [-0.2, 0) is 18.3 Å². The molecule has 6 nitrogen and oxygen atoms in total. The van der Waals surface area contributed by atoms with Gasteiger partial charge in [0.25, 0.3) is 0 Å². The molecule has 0 unspecified atom stereocenters. The first kappa shape index (κ1) is 19.1. The number of halogens is 4. The van der Waals surface area contributed by atoms with Gasteiger partial charge in [-0.2, -0.15) is 15.0 Å². The Labute approximate surface area is 169 Å². The van der Waals surface area contributed by atoms with Gasteiger partial charge in [-0.1, -0.05) is 23.2 Å². The quantitative estimate of drug-likeness (QED) is 0.661. The van der Waals surface area contributed by atoms with Crippen LogP contribution < -0.4 is 5.32 Å². The van der Waals surface area contributed by atoms with E-state index in [0.717, 1.165) is 6.92 Å². The maximum Gasteiger partial charge on any atom is 0.246 e. The van der Waals surface area contributed by atoms with Gasteiger partial charge in [-0.3, -0.25) is 4.79 Å². The van der Waals surface area contributed by atoms with E-state index in [4.69, 9.17) is 23.2 Å². The molecule has 28 heavy (non-hydrogen) atoms. The summed E-state index contributed by atoms with van der Waals surface area (Å²) in [5.74, 6) is -3.71. The third-order valence-electron chi connectivity index (χ3n) is 4.88. The number of carbonyl (C=O) groups is 1. The van der Waals surface area contributed by atoms with Gasteiger partial charge in [-0.05, 0) is 18.6 Å². The fourth-order valence-electron chi connectivity index (χ4n) is 3.77. The molecule has 148 valence electrons. The first-order valence-electron chi connectivity index (χ1n) is 8.67. The molecule has 1 aromatic carbocycles. The SMILES string of the molecule is Cn1ncc(-c2cc(Cl)c(Cl)c3[nH]c4c(c23)CC(=O)NC[C@H]4CC(C)(F)F)n1. The van der Waals surface area contributed by atoms with Crippen molar-refractivity contribution in [2.75, 3.05) is 6.54 Å². The summed E-state index contributed by atoms with van der Waals surface area (Å²) in [6.07, 6.45) is 1.22. The van der Waals surface area contributed by atoms with Crippen LogP contribution in [0.15, 0.2) is 12.3 Å². The molecule has 1 aliphatic rings. The molecule has 1 amide bonds. The van der Waals surface area contributed by atoms with Crippen LogP contribution in [0.25, 0.3) is 22.2 Å². The molecule has 0 bridgehead atoms. The number of nitrogens with one attached hydrogen (secondary N) is 2. The number of hydrogen-bond donors (Lipinski definition) is 2. The highest BCUT2D eigenvalue weighted by Crippen LogP contribution is 2.43. The lowest BCUT2D eigenvalue weighted by Gasteiger charge is -2.19. The molecule has 4 rings (SSSR count). The Kier molecular flexibility index (Phi) is 4.58. The Morgan fingerprint density at radius 3 is 2.79 bits per heavy atom. The highest BCUT2D eigenvalue weighted by atomic mass is 35.5. The Hall–Kier alpha value is -2.19.